The van der Waals surface area contributed by atoms with Crippen LogP contribution in [0.2, 0.25) is 0 Å². The number of ether oxygens (including phenoxy) is 1. The van der Waals surface area contributed by atoms with Crippen LogP contribution in [0.15, 0.2) is 48.6 Å². The van der Waals surface area contributed by atoms with Crippen LogP contribution in [0.5, 0.6) is 0 Å². The van der Waals surface area contributed by atoms with Gasteiger partial charge in [-0.15, -0.1) is 0 Å². The van der Waals surface area contributed by atoms with Gasteiger partial charge in [-0.25, -0.2) is 14.4 Å². The van der Waals surface area contributed by atoms with Gasteiger partial charge in [0, 0.05) is 30.1 Å². The second-order valence-electron chi connectivity index (χ2n) is 7.29. The minimum atomic E-state index is -0.332. The van der Waals surface area contributed by atoms with Gasteiger partial charge in [-0.05, 0) is 48.6 Å². The molecule has 1 aliphatic heterocycles. The van der Waals surface area contributed by atoms with Crippen molar-refractivity contribution in [2.24, 2.45) is 0 Å². The first kappa shape index (κ1) is 19.3. The normalized spacial score (nSPS) is 19.9. The van der Waals surface area contributed by atoms with Crippen molar-refractivity contribution in [1.29, 1.82) is 0 Å². The summed E-state index contributed by atoms with van der Waals surface area (Å²) in [4.78, 5) is 22.9. The van der Waals surface area contributed by atoms with Crippen LogP contribution >= 0.6 is 0 Å². The van der Waals surface area contributed by atoms with E-state index in [0.717, 1.165) is 11.1 Å². The van der Waals surface area contributed by atoms with E-state index in [4.69, 9.17) is 10.5 Å². The first-order valence-electron chi connectivity index (χ1n) is 9.70. The van der Waals surface area contributed by atoms with Gasteiger partial charge < -0.3 is 15.4 Å². The van der Waals surface area contributed by atoms with Crippen molar-refractivity contribution in [2.75, 3.05) is 25.5 Å². The number of carbonyl (C=O) groups excluding carboxylic acids is 1. The van der Waals surface area contributed by atoms with Crippen LogP contribution in [0.3, 0.4) is 0 Å². The molecular weight excluding hydrogens is 371 g/mol. The fraction of sp³-hybridized carbons (Fsp3) is 0.318. The Bertz CT molecular complexity index is 985. The Kier molecular flexibility index (Phi) is 5.40. The lowest BCUT2D eigenvalue weighted by Crippen LogP contribution is -2.47. The molecule has 1 aromatic carbocycles. The molecule has 1 unspecified atom stereocenters. The third kappa shape index (κ3) is 3.91. The van der Waals surface area contributed by atoms with Gasteiger partial charge in [-0.1, -0.05) is 18.2 Å². The summed E-state index contributed by atoms with van der Waals surface area (Å²) in [7, 11) is 0. The highest BCUT2D eigenvalue weighted by molar-refractivity contribution is 6.00. The van der Waals surface area contributed by atoms with E-state index in [-0.39, 0.29) is 23.7 Å². The van der Waals surface area contributed by atoms with Gasteiger partial charge in [0.15, 0.2) is 0 Å². The van der Waals surface area contributed by atoms with E-state index in [2.05, 4.69) is 9.97 Å². The second kappa shape index (κ2) is 8.13. The molecule has 29 heavy (non-hydrogen) atoms. The molecule has 4 rings (SSSR count). The molecule has 0 radical (unpaired) electrons. The van der Waals surface area contributed by atoms with Gasteiger partial charge in [-0.3, -0.25) is 4.79 Å². The van der Waals surface area contributed by atoms with Gasteiger partial charge >= 0.3 is 0 Å². The molecule has 1 aromatic heterocycles. The van der Waals surface area contributed by atoms with Gasteiger partial charge in [0.1, 0.15) is 5.83 Å². The Morgan fingerprint density at radius 3 is 2.72 bits per heavy atom. The molecule has 0 spiro atoms. The zero-order chi connectivity index (χ0) is 20.4. The van der Waals surface area contributed by atoms with Crippen molar-refractivity contribution in [2.45, 2.75) is 25.8 Å². The molecule has 1 amide bonds. The number of nitrogens with zero attached hydrogens (tertiary/aromatic N) is 3. The highest BCUT2D eigenvalue weighted by atomic mass is 19.1. The molecular formula is C22H23FN4O2. The van der Waals surface area contributed by atoms with E-state index in [0.29, 0.717) is 49.3 Å². The molecule has 2 N–H and O–H groups in total. The van der Waals surface area contributed by atoms with Crippen LogP contribution in [-0.4, -0.2) is 46.6 Å². The van der Waals surface area contributed by atoms with Crippen LogP contribution in [0.1, 0.15) is 41.3 Å². The zero-order valence-electron chi connectivity index (χ0n) is 16.3. The van der Waals surface area contributed by atoms with Crippen molar-refractivity contribution in [1.82, 2.24) is 14.9 Å². The number of nitrogen functional groups attached to an aromatic ring is 1. The number of amides is 1. The summed E-state index contributed by atoms with van der Waals surface area (Å²) in [6, 6.07) is 7.42. The lowest BCUT2D eigenvalue weighted by Gasteiger charge is -2.34. The van der Waals surface area contributed by atoms with Crippen molar-refractivity contribution >= 4 is 23.0 Å². The molecule has 2 aromatic rings. The minimum absolute atomic E-state index is 0.0124. The summed E-state index contributed by atoms with van der Waals surface area (Å²) >= 11 is 0. The number of hydrogen-bond donors (Lipinski definition) is 1. The molecule has 0 bridgehead atoms. The number of halogens is 1. The van der Waals surface area contributed by atoms with Crippen LogP contribution in [-0.2, 0) is 4.74 Å². The topological polar surface area (TPSA) is 81.3 Å². The number of morpholine rings is 1. The largest absolute Gasteiger partial charge is 0.377 e. The van der Waals surface area contributed by atoms with Crippen LogP contribution in [0, 0.1) is 0 Å². The standard InChI is InChI=1S/C22H23FN4O2/c1-14-13-29-9-8-27(14)21(28)19-5-3-2-4-17(19)15-6-7-18(20(23)10-15)16-11-25-22(24)26-12-16/h2-5,10-12,14H,6-9,13H2,1H3,(H2,24,25,26). The lowest BCUT2D eigenvalue weighted by atomic mass is 9.88. The average molecular weight is 394 g/mol. The van der Waals surface area contributed by atoms with Crippen molar-refractivity contribution < 1.29 is 13.9 Å². The Morgan fingerprint density at radius 1 is 1.24 bits per heavy atom. The van der Waals surface area contributed by atoms with Gasteiger partial charge in [0.05, 0.1) is 19.3 Å². The maximum Gasteiger partial charge on any atom is 0.254 e. The first-order valence-corrected chi connectivity index (χ1v) is 9.70. The molecule has 1 aliphatic carbocycles. The number of nitrogens with two attached hydrogens (primary N) is 1. The first-order chi connectivity index (χ1) is 14.0. The number of aromatic nitrogens is 2. The quantitative estimate of drug-likeness (QED) is 0.862. The average Bonchev–Trinajstić information content (AvgIpc) is 2.74. The summed E-state index contributed by atoms with van der Waals surface area (Å²) in [5.74, 6) is -0.215. The van der Waals surface area contributed by atoms with Crippen LogP contribution < -0.4 is 5.73 Å². The summed E-state index contributed by atoms with van der Waals surface area (Å²) in [6.07, 6.45) is 5.71. The Hall–Kier alpha value is -3.06. The Morgan fingerprint density at radius 2 is 2.00 bits per heavy atom. The van der Waals surface area contributed by atoms with Gasteiger partial charge in [0.25, 0.3) is 5.91 Å². The van der Waals surface area contributed by atoms with Crippen molar-refractivity contribution in [3.05, 3.63) is 65.3 Å². The summed E-state index contributed by atoms with van der Waals surface area (Å²) < 4.78 is 20.4. The molecule has 1 atom stereocenters. The molecule has 6 nitrogen and oxygen atoms in total. The highest BCUT2D eigenvalue weighted by Gasteiger charge is 2.27. The molecule has 0 saturated carbocycles. The number of rotatable bonds is 3. The maximum absolute atomic E-state index is 14.9. The predicted molar refractivity (Wildman–Crippen MR) is 109 cm³/mol. The van der Waals surface area contributed by atoms with E-state index in [1.165, 1.54) is 18.5 Å². The van der Waals surface area contributed by atoms with Crippen LogP contribution in [0.25, 0.3) is 11.1 Å². The molecule has 150 valence electrons. The van der Waals surface area contributed by atoms with Crippen molar-refractivity contribution in [3.63, 3.8) is 0 Å². The lowest BCUT2D eigenvalue weighted by molar-refractivity contribution is 0.00357. The monoisotopic (exact) mass is 394 g/mol. The molecule has 2 aliphatic rings. The van der Waals surface area contributed by atoms with E-state index < -0.39 is 0 Å². The number of allylic oxidation sites excluding steroid dienone is 4. The number of hydrogen-bond acceptors (Lipinski definition) is 5. The van der Waals surface area contributed by atoms with E-state index in [1.54, 1.807) is 0 Å². The third-order valence-corrected chi connectivity index (χ3v) is 5.39. The summed E-state index contributed by atoms with van der Waals surface area (Å²) in [5.41, 5.74) is 8.88. The number of benzene rings is 1. The summed E-state index contributed by atoms with van der Waals surface area (Å²) in [5, 5.41) is 0. The van der Waals surface area contributed by atoms with Gasteiger partial charge in [0.2, 0.25) is 5.95 Å². The SMILES string of the molecule is CC1COCCN1C(=O)c1ccccc1C1=CC(F)=C(c2cnc(N)nc2)CC1. The maximum atomic E-state index is 14.9. The highest BCUT2D eigenvalue weighted by Crippen LogP contribution is 2.37. The predicted octanol–water partition coefficient (Wildman–Crippen LogP) is 3.48. The fourth-order valence-electron chi connectivity index (χ4n) is 3.81. The van der Waals surface area contributed by atoms with E-state index >= 15 is 0 Å². The van der Waals surface area contributed by atoms with Crippen molar-refractivity contribution in [3.8, 4) is 0 Å². The molecule has 2 heterocycles. The second-order valence-corrected chi connectivity index (χ2v) is 7.29. The zero-order valence-corrected chi connectivity index (χ0v) is 16.3. The number of carbonyl (C=O) groups is 1. The Balaban J connectivity index is 1.67. The summed E-state index contributed by atoms with van der Waals surface area (Å²) in [6.45, 7) is 3.60. The third-order valence-electron chi connectivity index (χ3n) is 5.39. The Labute approximate surface area is 168 Å². The number of anilines is 1. The molecule has 7 heteroatoms. The smallest absolute Gasteiger partial charge is 0.254 e. The van der Waals surface area contributed by atoms with Gasteiger partial charge in [-0.2, -0.15) is 0 Å². The fourth-order valence-corrected chi connectivity index (χ4v) is 3.81. The van der Waals surface area contributed by atoms with E-state index in [1.807, 2.05) is 36.1 Å². The molecule has 1 saturated heterocycles. The van der Waals surface area contributed by atoms with E-state index in [9.17, 15) is 9.18 Å². The van der Waals surface area contributed by atoms with Crippen LogP contribution in [0.4, 0.5) is 10.3 Å². The molecule has 1 fully saturated rings. The minimum Gasteiger partial charge on any atom is -0.377 e.